The Bertz CT molecular complexity index is 153. The normalized spacial score (nSPS) is 12.5. The lowest BCUT2D eigenvalue weighted by Gasteiger charge is -2.08. The lowest BCUT2D eigenvalue weighted by Crippen LogP contribution is -2.28. The highest BCUT2D eigenvalue weighted by Crippen LogP contribution is 1.91. The van der Waals surface area contributed by atoms with E-state index in [-0.39, 0.29) is 0 Å². The van der Waals surface area contributed by atoms with Crippen molar-refractivity contribution in [3.8, 4) is 0 Å². The zero-order valence-corrected chi connectivity index (χ0v) is 5.81. The van der Waals surface area contributed by atoms with Crippen LogP contribution in [-0.2, 0) is 19.1 Å². The topological polar surface area (TPSA) is 93.1 Å². The van der Waals surface area contributed by atoms with Gasteiger partial charge in [0.25, 0.3) is 6.29 Å². The number of ether oxygens (including phenoxy) is 2. The standard InChI is InChI=1S/C5H8O6/c1-10-5(4(8)9)11-2-3(6)7/h5H,2H2,1H3,(H,6,7)(H,8,9). The van der Waals surface area contributed by atoms with Crippen molar-refractivity contribution in [1.82, 2.24) is 0 Å². The molecule has 0 radical (unpaired) electrons. The van der Waals surface area contributed by atoms with Gasteiger partial charge in [-0.3, -0.25) is 0 Å². The minimum Gasteiger partial charge on any atom is -0.480 e. The van der Waals surface area contributed by atoms with Gasteiger partial charge in [-0.1, -0.05) is 0 Å². The minimum absolute atomic E-state index is 0.690. The van der Waals surface area contributed by atoms with Gasteiger partial charge in [-0.05, 0) is 0 Å². The van der Waals surface area contributed by atoms with E-state index in [2.05, 4.69) is 9.47 Å². The summed E-state index contributed by atoms with van der Waals surface area (Å²) in [6, 6.07) is 0. The van der Waals surface area contributed by atoms with Gasteiger partial charge in [0.05, 0.1) is 0 Å². The molecule has 0 fully saturated rings. The highest BCUT2D eigenvalue weighted by molar-refractivity contribution is 5.72. The molecule has 0 aliphatic rings. The Labute approximate surface area is 62.3 Å². The summed E-state index contributed by atoms with van der Waals surface area (Å²) in [6.45, 7) is -0.690. The molecule has 11 heavy (non-hydrogen) atoms. The SMILES string of the molecule is COC(OCC(=O)O)C(=O)O. The van der Waals surface area contributed by atoms with Crippen LogP contribution in [0.25, 0.3) is 0 Å². The number of carboxylic acids is 2. The molecule has 1 unspecified atom stereocenters. The summed E-state index contributed by atoms with van der Waals surface area (Å²) >= 11 is 0. The summed E-state index contributed by atoms with van der Waals surface area (Å²) in [5.74, 6) is -2.60. The van der Waals surface area contributed by atoms with Gasteiger partial charge >= 0.3 is 11.9 Å². The van der Waals surface area contributed by atoms with Gasteiger partial charge in [0, 0.05) is 7.11 Å². The molecule has 0 aromatic heterocycles. The van der Waals surface area contributed by atoms with E-state index in [1.807, 2.05) is 0 Å². The van der Waals surface area contributed by atoms with Crippen molar-refractivity contribution in [3.05, 3.63) is 0 Å². The van der Waals surface area contributed by atoms with Crippen LogP contribution in [0.4, 0.5) is 0 Å². The molecule has 6 heteroatoms. The van der Waals surface area contributed by atoms with E-state index in [9.17, 15) is 9.59 Å². The minimum atomic E-state index is -1.51. The molecule has 0 spiro atoms. The number of aliphatic carboxylic acids is 2. The lowest BCUT2D eigenvalue weighted by atomic mass is 10.6. The fourth-order valence-electron chi connectivity index (χ4n) is 0.387. The Kier molecular flexibility index (Phi) is 4.16. The molecule has 2 N–H and O–H groups in total. The Morgan fingerprint density at radius 1 is 1.45 bits per heavy atom. The van der Waals surface area contributed by atoms with E-state index in [0.29, 0.717) is 0 Å². The third-order valence-electron chi connectivity index (χ3n) is 0.774. The van der Waals surface area contributed by atoms with Crippen molar-refractivity contribution in [1.29, 1.82) is 0 Å². The molecule has 0 aliphatic carbocycles. The van der Waals surface area contributed by atoms with Crippen LogP contribution in [0.15, 0.2) is 0 Å². The number of methoxy groups -OCH3 is 1. The third-order valence-corrected chi connectivity index (χ3v) is 0.774. The fraction of sp³-hybridized carbons (Fsp3) is 0.600. The van der Waals surface area contributed by atoms with Crippen LogP contribution < -0.4 is 0 Å². The molecule has 0 aliphatic heterocycles. The second-order valence-electron chi connectivity index (χ2n) is 1.61. The maximum atomic E-state index is 10.1. The first kappa shape index (κ1) is 9.86. The summed E-state index contributed by atoms with van der Waals surface area (Å²) in [4.78, 5) is 20.0. The van der Waals surface area contributed by atoms with E-state index in [1.165, 1.54) is 0 Å². The van der Waals surface area contributed by atoms with E-state index in [0.717, 1.165) is 7.11 Å². The molecule has 0 aromatic rings. The van der Waals surface area contributed by atoms with Gasteiger partial charge < -0.3 is 19.7 Å². The first-order chi connectivity index (χ1) is 5.07. The molecule has 0 amide bonds. The predicted molar refractivity (Wildman–Crippen MR) is 32.0 cm³/mol. The molecule has 64 valence electrons. The summed E-state index contributed by atoms with van der Waals surface area (Å²) in [5, 5.41) is 16.3. The van der Waals surface area contributed by atoms with Gasteiger partial charge in [-0.25, -0.2) is 9.59 Å². The van der Waals surface area contributed by atoms with E-state index in [1.54, 1.807) is 0 Å². The Hall–Kier alpha value is -1.14. The van der Waals surface area contributed by atoms with Crippen LogP contribution >= 0.6 is 0 Å². The fourth-order valence-corrected chi connectivity index (χ4v) is 0.387. The second kappa shape index (κ2) is 4.64. The molecular formula is C5H8O6. The number of carbonyl (C=O) groups is 2. The summed E-state index contributed by atoms with van der Waals surface area (Å²) < 4.78 is 8.57. The number of hydrogen-bond acceptors (Lipinski definition) is 4. The molecule has 0 bridgehead atoms. The second-order valence-corrected chi connectivity index (χ2v) is 1.61. The van der Waals surface area contributed by atoms with Crippen molar-refractivity contribution in [2.24, 2.45) is 0 Å². The molecular weight excluding hydrogens is 156 g/mol. The number of carboxylic acid groups (broad SMARTS) is 2. The van der Waals surface area contributed by atoms with Crippen LogP contribution in [-0.4, -0.2) is 42.2 Å². The van der Waals surface area contributed by atoms with Crippen LogP contribution in [0.5, 0.6) is 0 Å². The monoisotopic (exact) mass is 164 g/mol. The number of rotatable bonds is 5. The van der Waals surface area contributed by atoms with Crippen molar-refractivity contribution >= 4 is 11.9 Å². The average Bonchev–Trinajstić information content (AvgIpc) is 1.87. The zero-order valence-electron chi connectivity index (χ0n) is 5.81. The predicted octanol–water partition coefficient (Wildman–Crippen LogP) is -0.855. The van der Waals surface area contributed by atoms with Gasteiger partial charge in [-0.15, -0.1) is 0 Å². The third kappa shape index (κ3) is 4.29. The summed E-state index contributed by atoms with van der Waals surface area (Å²) in [6.07, 6.45) is -1.51. The van der Waals surface area contributed by atoms with Crippen LogP contribution in [0.1, 0.15) is 0 Å². The van der Waals surface area contributed by atoms with Gasteiger partial charge in [0.2, 0.25) is 0 Å². The van der Waals surface area contributed by atoms with Crippen LogP contribution in [0, 0.1) is 0 Å². The maximum Gasteiger partial charge on any atom is 0.361 e. The van der Waals surface area contributed by atoms with E-state index in [4.69, 9.17) is 10.2 Å². The average molecular weight is 164 g/mol. The first-order valence-electron chi connectivity index (χ1n) is 2.67. The molecule has 0 saturated carbocycles. The van der Waals surface area contributed by atoms with E-state index < -0.39 is 24.8 Å². The van der Waals surface area contributed by atoms with Crippen LogP contribution in [0.2, 0.25) is 0 Å². The maximum absolute atomic E-state index is 10.1. The van der Waals surface area contributed by atoms with Crippen molar-refractivity contribution in [2.75, 3.05) is 13.7 Å². The quantitative estimate of drug-likeness (QED) is 0.514. The molecule has 0 rings (SSSR count). The first-order valence-corrected chi connectivity index (χ1v) is 2.67. The van der Waals surface area contributed by atoms with Crippen molar-refractivity contribution in [2.45, 2.75) is 6.29 Å². The number of hydrogen-bond donors (Lipinski definition) is 2. The summed E-state index contributed by atoms with van der Waals surface area (Å²) in [7, 11) is 1.11. The van der Waals surface area contributed by atoms with Gasteiger partial charge in [0.1, 0.15) is 6.61 Å². The Balaban J connectivity index is 3.70. The van der Waals surface area contributed by atoms with Gasteiger partial charge in [-0.2, -0.15) is 0 Å². The highest BCUT2D eigenvalue weighted by atomic mass is 16.7. The van der Waals surface area contributed by atoms with Crippen molar-refractivity contribution < 1.29 is 29.3 Å². The lowest BCUT2D eigenvalue weighted by molar-refractivity contribution is -0.187. The zero-order chi connectivity index (χ0) is 8.85. The Morgan fingerprint density at radius 2 is 2.00 bits per heavy atom. The van der Waals surface area contributed by atoms with Gasteiger partial charge in [0.15, 0.2) is 0 Å². The van der Waals surface area contributed by atoms with E-state index >= 15 is 0 Å². The Morgan fingerprint density at radius 3 is 2.27 bits per heavy atom. The molecule has 0 aromatic carbocycles. The molecule has 0 heterocycles. The molecule has 6 nitrogen and oxygen atoms in total. The summed E-state index contributed by atoms with van der Waals surface area (Å²) in [5.41, 5.74) is 0. The van der Waals surface area contributed by atoms with Crippen molar-refractivity contribution in [3.63, 3.8) is 0 Å². The molecule has 1 atom stereocenters. The highest BCUT2D eigenvalue weighted by Gasteiger charge is 2.17. The largest absolute Gasteiger partial charge is 0.480 e. The smallest absolute Gasteiger partial charge is 0.361 e. The molecule has 0 saturated heterocycles. The van der Waals surface area contributed by atoms with Crippen LogP contribution in [0.3, 0.4) is 0 Å².